The molecule has 3 amide bonds. The van der Waals surface area contributed by atoms with Crippen LogP contribution >= 0.6 is 0 Å². The molecule has 1 aliphatic carbocycles. The number of amides is 3. The van der Waals surface area contributed by atoms with Gasteiger partial charge in [0.2, 0.25) is 0 Å². The van der Waals surface area contributed by atoms with Crippen LogP contribution in [0.25, 0.3) is 0 Å². The maximum absolute atomic E-state index is 12.5. The summed E-state index contributed by atoms with van der Waals surface area (Å²) in [6, 6.07) is -0.206. The van der Waals surface area contributed by atoms with E-state index >= 15 is 0 Å². The van der Waals surface area contributed by atoms with Gasteiger partial charge in [-0.15, -0.1) is 0 Å². The molecule has 0 aromatic rings. The average molecular weight is 294 g/mol. The SMILES string of the molecule is CC1(CN)CCN(CCN2C(=O)NC3(CCCC3)C2=O)C1. The lowest BCUT2D eigenvalue weighted by Gasteiger charge is -2.24. The van der Waals surface area contributed by atoms with Crippen LogP contribution in [0.4, 0.5) is 4.79 Å². The Labute approximate surface area is 126 Å². The van der Waals surface area contributed by atoms with Crippen LogP contribution < -0.4 is 11.1 Å². The first kappa shape index (κ1) is 14.8. The van der Waals surface area contributed by atoms with Crippen molar-refractivity contribution in [3.05, 3.63) is 0 Å². The zero-order valence-electron chi connectivity index (χ0n) is 12.9. The highest BCUT2D eigenvalue weighted by atomic mass is 16.2. The minimum absolute atomic E-state index is 0.00853. The molecule has 0 radical (unpaired) electrons. The molecule has 0 aromatic carbocycles. The van der Waals surface area contributed by atoms with E-state index in [1.165, 1.54) is 4.90 Å². The molecular weight excluding hydrogens is 268 g/mol. The zero-order valence-corrected chi connectivity index (χ0v) is 12.9. The zero-order chi connectivity index (χ0) is 15.1. The Morgan fingerprint density at radius 1 is 1.19 bits per heavy atom. The molecule has 3 fully saturated rings. The first-order valence-corrected chi connectivity index (χ1v) is 8.05. The second kappa shape index (κ2) is 5.25. The Bertz CT molecular complexity index is 447. The van der Waals surface area contributed by atoms with E-state index in [-0.39, 0.29) is 17.4 Å². The second-order valence-electron chi connectivity index (χ2n) is 7.22. The number of rotatable bonds is 4. The molecule has 2 aliphatic heterocycles. The molecule has 1 spiro atoms. The molecule has 2 heterocycles. The number of carbonyl (C=O) groups is 2. The van der Waals surface area contributed by atoms with E-state index in [0.717, 1.165) is 51.7 Å². The molecule has 1 unspecified atom stereocenters. The van der Waals surface area contributed by atoms with Crippen LogP contribution in [0.3, 0.4) is 0 Å². The molecule has 2 saturated heterocycles. The minimum atomic E-state index is -0.576. The fraction of sp³-hybridized carbons (Fsp3) is 0.867. The first-order valence-electron chi connectivity index (χ1n) is 8.05. The van der Waals surface area contributed by atoms with Crippen molar-refractivity contribution in [1.29, 1.82) is 0 Å². The second-order valence-corrected chi connectivity index (χ2v) is 7.22. The van der Waals surface area contributed by atoms with Crippen molar-refractivity contribution in [3.8, 4) is 0 Å². The first-order chi connectivity index (χ1) is 9.98. The van der Waals surface area contributed by atoms with Crippen molar-refractivity contribution < 1.29 is 9.59 Å². The van der Waals surface area contributed by atoms with Gasteiger partial charge in [0.1, 0.15) is 5.54 Å². The summed E-state index contributed by atoms with van der Waals surface area (Å²) in [4.78, 5) is 28.4. The largest absolute Gasteiger partial charge is 0.330 e. The van der Waals surface area contributed by atoms with Crippen LogP contribution in [0.1, 0.15) is 39.0 Å². The molecule has 1 saturated carbocycles. The third-order valence-electron chi connectivity index (χ3n) is 5.47. The number of nitrogens with zero attached hydrogens (tertiary/aromatic N) is 2. The molecule has 21 heavy (non-hydrogen) atoms. The van der Waals surface area contributed by atoms with Crippen molar-refractivity contribution in [1.82, 2.24) is 15.1 Å². The van der Waals surface area contributed by atoms with E-state index < -0.39 is 5.54 Å². The summed E-state index contributed by atoms with van der Waals surface area (Å²) in [5.74, 6) is -0.00853. The Morgan fingerprint density at radius 2 is 1.90 bits per heavy atom. The van der Waals surface area contributed by atoms with Gasteiger partial charge in [-0.25, -0.2) is 4.79 Å². The topological polar surface area (TPSA) is 78.7 Å². The number of likely N-dealkylation sites (tertiary alicyclic amines) is 1. The van der Waals surface area contributed by atoms with E-state index in [4.69, 9.17) is 5.73 Å². The van der Waals surface area contributed by atoms with Crippen LogP contribution in [-0.4, -0.2) is 60.0 Å². The lowest BCUT2D eigenvalue weighted by molar-refractivity contribution is -0.131. The van der Waals surface area contributed by atoms with Crippen LogP contribution in [-0.2, 0) is 4.79 Å². The monoisotopic (exact) mass is 294 g/mol. The van der Waals surface area contributed by atoms with Gasteiger partial charge in [-0.1, -0.05) is 19.8 Å². The number of hydrogen-bond acceptors (Lipinski definition) is 4. The fourth-order valence-corrected chi connectivity index (χ4v) is 3.92. The smallest absolute Gasteiger partial charge is 0.325 e. The van der Waals surface area contributed by atoms with E-state index in [1.807, 2.05) is 0 Å². The van der Waals surface area contributed by atoms with E-state index in [2.05, 4.69) is 17.1 Å². The molecule has 3 rings (SSSR count). The lowest BCUT2D eigenvalue weighted by atomic mass is 9.90. The molecule has 0 aromatic heterocycles. The predicted molar refractivity (Wildman–Crippen MR) is 79.7 cm³/mol. The number of nitrogens with one attached hydrogen (secondary N) is 1. The highest BCUT2D eigenvalue weighted by Gasteiger charge is 2.52. The highest BCUT2D eigenvalue weighted by Crippen LogP contribution is 2.35. The Balaban J connectivity index is 1.56. The third kappa shape index (κ3) is 2.55. The maximum atomic E-state index is 12.5. The molecule has 0 bridgehead atoms. The van der Waals surface area contributed by atoms with Gasteiger partial charge in [0, 0.05) is 19.6 Å². The number of carbonyl (C=O) groups excluding carboxylic acids is 2. The van der Waals surface area contributed by atoms with Gasteiger partial charge in [-0.05, 0) is 37.8 Å². The van der Waals surface area contributed by atoms with Gasteiger partial charge in [0.05, 0.1) is 0 Å². The molecule has 3 aliphatic rings. The summed E-state index contributed by atoms with van der Waals surface area (Å²) >= 11 is 0. The van der Waals surface area contributed by atoms with Gasteiger partial charge in [0.15, 0.2) is 0 Å². The highest BCUT2D eigenvalue weighted by molar-refractivity contribution is 6.07. The van der Waals surface area contributed by atoms with E-state index in [9.17, 15) is 9.59 Å². The predicted octanol–water partition coefficient (Wildman–Crippen LogP) is 0.522. The van der Waals surface area contributed by atoms with Crippen LogP contribution in [0.5, 0.6) is 0 Å². The number of nitrogens with two attached hydrogens (primary N) is 1. The number of urea groups is 1. The van der Waals surface area contributed by atoms with Gasteiger partial charge in [-0.3, -0.25) is 9.69 Å². The van der Waals surface area contributed by atoms with Gasteiger partial charge in [0.25, 0.3) is 5.91 Å². The molecule has 1 atom stereocenters. The summed E-state index contributed by atoms with van der Waals surface area (Å²) in [5.41, 5.74) is 5.42. The minimum Gasteiger partial charge on any atom is -0.330 e. The molecule has 3 N–H and O–H groups in total. The average Bonchev–Trinajstić information content (AvgIpc) is 3.12. The Hall–Kier alpha value is -1.14. The van der Waals surface area contributed by atoms with Crippen molar-refractivity contribution in [2.75, 3.05) is 32.7 Å². The molecule has 118 valence electrons. The molecule has 6 heteroatoms. The van der Waals surface area contributed by atoms with Gasteiger partial charge in [-0.2, -0.15) is 0 Å². The third-order valence-corrected chi connectivity index (χ3v) is 5.47. The summed E-state index contributed by atoms with van der Waals surface area (Å²) in [6.45, 7) is 6.10. The quantitative estimate of drug-likeness (QED) is 0.741. The Kier molecular flexibility index (Phi) is 3.69. The number of hydrogen-bond donors (Lipinski definition) is 2. The normalized spacial score (nSPS) is 32.4. The van der Waals surface area contributed by atoms with Crippen molar-refractivity contribution in [3.63, 3.8) is 0 Å². The van der Waals surface area contributed by atoms with E-state index in [0.29, 0.717) is 13.1 Å². The fourth-order valence-electron chi connectivity index (χ4n) is 3.92. The summed E-state index contributed by atoms with van der Waals surface area (Å²) < 4.78 is 0. The molecular formula is C15H26N4O2. The van der Waals surface area contributed by atoms with Gasteiger partial charge < -0.3 is 16.0 Å². The van der Waals surface area contributed by atoms with Crippen molar-refractivity contribution in [2.45, 2.75) is 44.6 Å². The molecule has 6 nitrogen and oxygen atoms in total. The van der Waals surface area contributed by atoms with Gasteiger partial charge >= 0.3 is 6.03 Å². The van der Waals surface area contributed by atoms with Crippen molar-refractivity contribution in [2.24, 2.45) is 11.1 Å². The van der Waals surface area contributed by atoms with Crippen molar-refractivity contribution >= 4 is 11.9 Å². The lowest BCUT2D eigenvalue weighted by Crippen LogP contribution is -2.44. The van der Waals surface area contributed by atoms with Crippen LogP contribution in [0.2, 0.25) is 0 Å². The van der Waals surface area contributed by atoms with E-state index in [1.54, 1.807) is 0 Å². The van der Waals surface area contributed by atoms with Crippen LogP contribution in [0.15, 0.2) is 0 Å². The summed E-state index contributed by atoms with van der Waals surface area (Å²) in [7, 11) is 0. The van der Waals surface area contributed by atoms with Crippen LogP contribution in [0, 0.1) is 5.41 Å². The summed E-state index contributed by atoms with van der Waals surface area (Å²) in [5, 5.41) is 2.93. The Morgan fingerprint density at radius 3 is 2.52 bits per heavy atom. The summed E-state index contributed by atoms with van der Waals surface area (Å²) in [6.07, 6.45) is 4.74. The maximum Gasteiger partial charge on any atom is 0.325 e. The standard InChI is InChI=1S/C15H26N4O2/c1-14(10-16)6-7-18(11-14)8-9-19-12(20)15(17-13(19)21)4-2-3-5-15/h2-11,16H2,1H3,(H,17,21). The number of imide groups is 1.